The lowest BCUT2D eigenvalue weighted by molar-refractivity contribution is -0.152. The molecule has 0 fully saturated rings. The third-order valence-electron chi connectivity index (χ3n) is 3.14. The SMILES string of the molecule is CCOC(=O)[C@H](C(C)=O)[C@H](NC(=O)OC(C)(C)C)c1ccccc1. The van der Waals surface area contributed by atoms with Crippen molar-refractivity contribution in [2.45, 2.75) is 46.3 Å². The summed E-state index contributed by atoms with van der Waals surface area (Å²) >= 11 is 0. The van der Waals surface area contributed by atoms with Gasteiger partial charge in [0.15, 0.2) is 0 Å². The number of esters is 1. The van der Waals surface area contributed by atoms with Gasteiger partial charge in [-0.2, -0.15) is 0 Å². The van der Waals surface area contributed by atoms with E-state index in [4.69, 9.17) is 9.47 Å². The minimum atomic E-state index is -1.14. The van der Waals surface area contributed by atoms with Crippen LogP contribution in [0.4, 0.5) is 4.79 Å². The Morgan fingerprint density at radius 3 is 2.17 bits per heavy atom. The van der Waals surface area contributed by atoms with E-state index in [-0.39, 0.29) is 6.61 Å². The standard InChI is InChI=1S/C18H25NO5/c1-6-23-16(21)14(12(2)20)15(13-10-8-7-9-11-13)19-17(22)24-18(3,4)5/h7-11,14-15H,6H2,1-5H3,(H,19,22)/t14-,15-/m1/s1. The van der Waals surface area contributed by atoms with E-state index < -0.39 is 35.4 Å². The molecule has 0 heterocycles. The molecule has 0 spiro atoms. The normalized spacial score (nSPS) is 13.5. The average Bonchev–Trinajstić information content (AvgIpc) is 2.45. The fraction of sp³-hybridized carbons (Fsp3) is 0.500. The maximum atomic E-state index is 12.2. The van der Waals surface area contributed by atoms with Crippen molar-refractivity contribution in [3.05, 3.63) is 35.9 Å². The predicted octanol–water partition coefficient (Wildman–Crippen LogP) is 3.02. The second-order valence-electron chi connectivity index (χ2n) is 6.37. The van der Waals surface area contributed by atoms with Crippen LogP contribution in [0.1, 0.15) is 46.2 Å². The molecule has 6 nitrogen and oxygen atoms in total. The van der Waals surface area contributed by atoms with Gasteiger partial charge >= 0.3 is 12.1 Å². The van der Waals surface area contributed by atoms with Crippen molar-refractivity contribution < 1.29 is 23.9 Å². The Hall–Kier alpha value is -2.37. The van der Waals surface area contributed by atoms with Crippen LogP contribution in [0.2, 0.25) is 0 Å². The van der Waals surface area contributed by atoms with E-state index >= 15 is 0 Å². The number of ether oxygens (including phenoxy) is 2. The van der Waals surface area contributed by atoms with E-state index in [0.717, 1.165) is 0 Å². The highest BCUT2D eigenvalue weighted by molar-refractivity contribution is 5.99. The van der Waals surface area contributed by atoms with Crippen molar-refractivity contribution in [3.63, 3.8) is 0 Å². The fourth-order valence-corrected chi connectivity index (χ4v) is 2.22. The minimum absolute atomic E-state index is 0.149. The van der Waals surface area contributed by atoms with Crippen molar-refractivity contribution in [3.8, 4) is 0 Å². The van der Waals surface area contributed by atoms with Gasteiger partial charge in [0.2, 0.25) is 0 Å². The van der Waals surface area contributed by atoms with Gasteiger partial charge in [-0.3, -0.25) is 9.59 Å². The van der Waals surface area contributed by atoms with Gasteiger partial charge in [0.25, 0.3) is 0 Å². The van der Waals surface area contributed by atoms with Gasteiger partial charge in [-0.15, -0.1) is 0 Å². The molecule has 0 aliphatic rings. The molecule has 1 aromatic rings. The first kappa shape index (κ1) is 19.7. The number of ketones is 1. The zero-order valence-corrected chi connectivity index (χ0v) is 14.8. The first-order chi connectivity index (χ1) is 11.2. The van der Waals surface area contributed by atoms with Crippen LogP contribution in [-0.4, -0.2) is 30.1 Å². The zero-order chi connectivity index (χ0) is 18.3. The van der Waals surface area contributed by atoms with Gasteiger partial charge in [0.1, 0.15) is 17.3 Å². The predicted molar refractivity (Wildman–Crippen MR) is 89.4 cm³/mol. The van der Waals surface area contributed by atoms with Crippen molar-refractivity contribution in [2.24, 2.45) is 5.92 Å². The molecule has 132 valence electrons. The molecule has 0 aliphatic heterocycles. The van der Waals surface area contributed by atoms with Gasteiger partial charge in [-0.25, -0.2) is 4.79 Å². The molecule has 0 saturated carbocycles. The first-order valence-corrected chi connectivity index (χ1v) is 7.87. The van der Waals surface area contributed by atoms with E-state index in [2.05, 4.69) is 5.32 Å². The van der Waals surface area contributed by atoms with Crippen molar-refractivity contribution >= 4 is 17.8 Å². The summed E-state index contributed by atoms with van der Waals surface area (Å²) in [5.41, 5.74) is -0.0716. The number of carbonyl (C=O) groups excluding carboxylic acids is 3. The average molecular weight is 335 g/mol. The number of hydrogen-bond acceptors (Lipinski definition) is 5. The summed E-state index contributed by atoms with van der Waals surface area (Å²) in [6.45, 7) is 8.31. The van der Waals surface area contributed by atoms with E-state index in [1.54, 1.807) is 58.0 Å². The summed E-state index contributed by atoms with van der Waals surface area (Å²) in [7, 11) is 0. The summed E-state index contributed by atoms with van der Waals surface area (Å²) in [6, 6.07) is 7.94. The first-order valence-electron chi connectivity index (χ1n) is 7.87. The number of hydrogen-bond donors (Lipinski definition) is 1. The molecular formula is C18H25NO5. The zero-order valence-electron chi connectivity index (χ0n) is 14.8. The maximum Gasteiger partial charge on any atom is 0.408 e. The highest BCUT2D eigenvalue weighted by atomic mass is 16.6. The Morgan fingerprint density at radius 2 is 1.71 bits per heavy atom. The van der Waals surface area contributed by atoms with Gasteiger partial charge in [-0.1, -0.05) is 30.3 Å². The van der Waals surface area contributed by atoms with E-state index in [9.17, 15) is 14.4 Å². The molecule has 1 N–H and O–H groups in total. The molecule has 24 heavy (non-hydrogen) atoms. The summed E-state index contributed by atoms with van der Waals surface area (Å²) in [5, 5.41) is 2.63. The molecular weight excluding hydrogens is 310 g/mol. The summed E-state index contributed by atoms with van der Waals surface area (Å²) in [5.74, 6) is -2.20. The monoisotopic (exact) mass is 335 g/mol. The van der Waals surface area contributed by atoms with Crippen molar-refractivity contribution in [2.75, 3.05) is 6.61 Å². The van der Waals surface area contributed by atoms with Gasteiger partial charge in [0.05, 0.1) is 12.6 Å². The van der Waals surface area contributed by atoms with Gasteiger partial charge < -0.3 is 14.8 Å². The Bertz CT molecular complexity index is 577. The number of nitrogens with one attached hydrogen (secondary N) is 1. The molecule has 0 bridgehead atoms. The molecule has 0 aliphatic carbocycles. The van der Waals surface area contributed by atoms with Crippen LogP contribution in [0, 0.1) is 5.92 Å². The highest BCUT2D eigenvalue weighted by Crippen LogP contribution is 2.25. The Morgan fingerprint density at radius 1 is 1.12 bits per heavy atom. The lowest BCUT2D eigenvalue weighted by Gasteiger charge is -2.27. The Balaban J connectivity index is 3.15. The molecule has 0 radical (unpaired) electrons. The van der Waals surface area contributed by atoms with Crippen LogP contribution < -0.4 is 5.32 Å². The molecule has 1 amide bonds. The summed E-state index contributed by atoms with van der Waals surface area (Å²) in [4.78, 5) is 36.4. The third-order valence-corrected chi connectivity index (χ3v) is 3.14. The van der Waals surface area contributed by atoms with Crippen molar-refractivity contribution in [1.29, 1.82) is 0 Å². The summed E-state index contributed by atoms with van der Waals surface area (Å²) in [6.07, 6.45) is -0.702. The number of Topliss-reactive ketones (excluding diaryl/α,β-unsaturated/α-hetero) is 1. The number of rotatable bonds is 6. The minimum Gasteiger partial charge on any atom is -0.465 e. The van der Waals surface area contributed by atoms with E-state index in [0.29, 0.717) is 5.56 Å². The maximum absolute atomic E-state index is 12.2. The second-order valence-corrected chi connectivity index (χ2v) is 6.37. The van der Waals surface area contributed by atoms with E-state index in [1.807, 2.05) is 0 Å². The largest absolute Gasteiger partial charge is 0.465 e. The van der Waals surface area contributed by atoms with Crippen LogP contribution in [0.5, 0.6) is 0 Å². The van der Waals surface area contributed by atoms with Crippen LogP contribution in [0.15, 0.2) is 30.3 Å². The molecule has 2 atom stereocenters. The Kier molecular flexibility index (Phi) is 6.95. The van der Waals surface area contributed by atoms with Crippen LogP contribution in [0.3, 0.4) is 0 Å². The lowest BCUT2D eigenvalue weighted by Crippen LogP contribution is -2.42. The Labute approximate surface area is 142 Å². The molecule has 0 saturated heterocycles. The molecule has 6 heteroatoms. The topological polar surface area (TPSA) is 81.7 Å². The molecule has 0 aromatic heterocycles. The quantitative estimate of drug-likeness (QED) is 0.638. The molecule has 0 unspecified atom stereocenters. The molecule has 1 aromatic carbocycles. The van der Waals surface area contributed by atoms with E-state index in [1.165, 1.54) is 6.92 Å². The third kappa shape index (κ3) is 6.02. The molecule has 1 rings (SSSR count). The fourth-order valence-electron chi connectivity index (χ4n) is 2.22. The van der Waals surface area contributed by atoms with Crippen LogP contribution >= 0.6 is 0 Å². The summed E-state index contributed by atoms with van der Waals surface area (Å²) < 4.78 is 10.2. The number of carbonyl (C=O) groups is 3. The second kappa shape index (κ2) is 8.47. The highest BCUT2D eigenvalue weighted by Gasteiger charge is 2.36. The number of benzene rings is 1. The van der Waals surface area contributed by atoms with Gasteiger partial charge in [0, 0.05) is 0 Å². The van der Waals surface area contributed by atoms with Gasteiger partial charge in [-0.05, 0) is 40.2 Å². The number of alkyl carbamates (subject to hydrolysis) is 1. The smallest absolute Gasteiger partial charge is 0.408 e. The van der Waals surface area contributed by atoms with Crippen molar-refractivity contribution in [1.82, 2.24) is 5.32 Å². The van der Waals surface area contributed by atoms with Crippen LogP contribution in [0.25, 0.3) is 0 Å². The van der Waals surface area contributed by atoms with Crippen LogP contribution in [-0.2, 0) is 19.1 Å². The number of amides is 1. The lowest BCUT2D eigenvalue weighted by atomic mass is 9.90.